The molecule has 1 N–H and O–H groups in total. The average molecular weight is 269 g/mol. The Balaban J connectivity index is 2.77. The second-order valence-electron chi connectivity index (χ2n) is 3.08. The summed E-state index contributed by atoms with van der Waals surface area (Å²) in [5.74, 6) is 0. The summed E-state index contributed by atoms with van der Waals surface area (Å²) in [7, 11) is 0. The van der Waals surface area contributed by atoms with E-state index in [0.29, 0.717) is 22.2 Å². The minimum absolute atomic E-state index is 0.0198. The fraction of sp³-hybridized carbons (Fsp3) is 0.200. The maximum atomic E-state index is 11.8. The van der Waals surface area contributed by atoms with Gasteiger partial charge in [0.2, 0.25) is 0 Å². The van der Waals surface area contributed by atoms with E-state index in [0.717, 1.165) is 0 Å². The van der Waals surface area contributed by atoms with E-state index in [1.165, 1.54) is 4.40 Å². The Hall–Kier alpha value is -1.20. The van der Waals surface area contributed by atoms with Gasteiger partial charge in [0.05, 0.1) is 5.69 Å². The highest BCUT2D eigenvalue weighted by atomic mass is 79.9. The molecule has 0 spiro atoms. The molecule has 0 radical (unpaired) electrons. The molecule has 0 bridgehead atoms. The zero-order valence-corrected chi connectivity index (χ0v) is 9.44. The van der Waals surface area contributed by atoms with Crippen LogP contribution in [0.1, 0.15) is 5.69 Å². The van der Waals surface area contributed by atoms with Crippen molar-refractivity contribution in [3.8, 4) is 0 Å². The summed E-state index contributed by atoms with van der Waals surface area (Å²) in [6.07, 6.45) is 2.04. The van der Waals surface area contributed by atoms with Gasteiger partial charge in [0.25, 0.3) is 5.56 Å². The molecule has 78 valence electrons. The maximum absolute atomic E-state index is 11.8. The fourth-order valence-electron chi connectivity index (χ4n) is 1.39. The summed E-state index contributed by atoms with van der Waals surface area (Å²) in [4.78, 5) is 16.1. The van der Waals surface area contributed by atoms with E-state index >= 15 is 0 Å². The number of nitrogens with zero attached hydrogens (tertiary/aromatic N) is 2. The van der Waals surface area contributed by atoms with Gasteiger partial charge >= 0.3 is 0 Å². The highest BCUT2D eigenvalue weighted by Gasteiger charge is 2.08. The highest BCUT2D eigenvalue weighted by Crippen LogP contribution is 2.11. The summed E-state index contributed by atoms with van der Waals surface area (Å²) in [5.41, 5.74) is 1.03. The van der Waals surface area contributed by atoms with Gasteiger partial charge in [-0.3, -0.25) is 9.20 Å². The molecule has 4 nitrogen and oxygen atoms in total. The van der Waals surface area contributed by atoms with Crippen molar-refractivity contribution in [2.45, 2.75) is 6.42 Å². The molecule has 0 fully saturated rings. The highest BCUT2D eigenvalue weighted by molar-refractivity contribution is 9.10. The monoisotopic (exact) mass is 268 g/mol. The molecule has 0 aliphatic rings. The molecular weight excluding hydrogens is 260 g/mol. The lowest BCUT2D eigenvalue weighted by atomic mass is 10.3. The minimum Gasteiger partial charge on any atom is -0.396 e. The Labute approximate surface area is 94.3 Å². The van der Waals surface area contributed by atoms with Gasteiger partial charge in [-0.2, -0.15) is 0 Å². The SMILES string of the molecule is O=c1c(Br)c(CCO)nc2ccccn12. The molecule has 0 amide bonds. The summed E-state index contributed by atoms with van der Waals surface area (Å²) in [6, 6.07) is 5.35. The molecule has 2 aromatic heterocycles. The number of rotatable bonds is 2. The second-order valence-corrected chi connectivity index (χ2v) is 3.87. The number of pyridine rings is 1. The number of aromatic nitrogens is 2. The summed E-state index contributed by atoms with van der Waals surface area (Å²) < 4.78 is 1.88. The quantitative estimate of drug-likeness (QED) is 0.884. The van der Waals surface area contributed by atoms with Crippen molar-refractivity contribution in [3.63, 3.8) is 0 Å². The Morgan fingerprint density at radius 1 is 1.47 bits per heavy atom. The third-order valence-corrected chi connectivity index (χ3v) is 2.89. The van der Waals surface area contributed by atoms with Crippen LogP contribution in [0.15, 0.2) is 33.7 Å². The molecular formula is C10H9BrN2O2. The van der Waals surface area contributed by atoms with Crippen molar-refractivity contribution in [3.05, 3.63) is 44.9 Å². The topological polar surface area (TPSA) is 54.6 Å². The fourth-order valence-corrected chi connectivity index (χ4v) is 1.86. The first-order valence-corrected chi connectivity index (χ1v) is 5.30. The zero-order valence-electron chi connectivity index (χ0n) is 7.85. The maximum Gasteiger partial charge on any atom is 0.272 e. The van der Waals surface area contributed by atoms with Crippen LogP contribution in [-0.4, -0.2) is 21.1 Å². The van der Waals surface area contributed by atoms with Crippen LogP contribution in [0, 0.1) is 0 Å². The molecule has 15 heavy (non-hydrogen) atoms. The van der Waals surface area contributed by atoms with Crippen molar-refractivity contribution in [2.75, 3.05) is 6.61 Å². The lowest BCUT2D eigenvalue weighted by Gasteiger charge is -2.04. The molecule has 0 unspecified atom stereocenters. The number of aliphatic hydroxyl groups is 1. The van der Waals surface area contributed by atoms with Gasteiger partial charge in [0, 0.05) is 19.2 Å². The molecule has 0 saturated carbocycles. The van der Waals surface area contributed by atoms with Crippen LogP contribution in [0.3, 0.4) is 0 Å². The van der Waals surface area contributed by atoms with Crippen LogP contribution >= 0.6 is 15.9 Å². The van der Waals surface area contributed by atoms with Crippen molar-refractivity contribution < 1.29 is 5.11 Å². The lowest BCUT2D eigenvalue weighted by molar-refractivity contribution is 0.298. The first-order valence-electron chi connectivity index (χ1n) is 4.50. The first kappa shape index (κ1) is 10.3. The summed E-state index contributed by atoms with van der Waals surface area (Å²) in [6.45, 7) is -0.0198. The van der Waals surface area contributed by atoms with E-state index in [1.807, 2.05) is 6.07 Å². The third kappa shape index (κ3) is 1.80. The van der Waals surface area contributed by atoms with E-state index in [2.05, 4.69) is 20.9 Å². The van der Waals surface area contributed by atoms with Crippen LogP contribution in [0.4, 0.5) is 0 Å². The number of hydrogen-bond acceptors (Lipinski definition) is 3. The molecule has 0 aliphatic carbocycles. The smallest absolute Gasteiger partial charge is 0.272 e. The lowest BCUT2D eigenvalue weighted by Crippen LogP contribution is -2.18. The van der Waals surface area contributed by atoms with Gasteiger partial charge in [-0.05, 0) is 28.1 Å². The predicted molar refractivity (Wildman–Crippen MR) is 60.0 cm³/mol. The molecule has 2 aromatic rings. The van der Waals surface area contributed by atoms with E-state index in [1.54, 1.807) is 18.3 Å². The van der Waals surface area contributed by atoms with Gasteiger partial charge in [-0.25, -0.2) is 4.98 Å². The first-order chi connectivity index (χ1) is 7.24. The van der Waals surface area contributed by atoms with Crippen molar-refractivity contribution >= 4 is 21.6 Å². The third-order valence-electron chi connectivity index (χ3n) is 2.10. The van der Waals surface area contributed by atoms with Crippen LogP contribution in [0.25, 0.3) is 5.65 Å². The zero-order chi connectivity index (χ0) is 10.8. The van der Waals surface area contributed by atoms with E-state index in [9.17, 15) is 4.79 Å². The Morgan fingerprint density at radius 3 is 3.00 bits per heavy atom. The standard InChI is InChI=1S/C10H9BrN2O2/c11-9-7(4-6-14)12-8-3-1-2-5-13(8)10(9)15/h1-3,5,14H,4,6H2. The average Bonchev–Trinajstić information content (AvgIpc) is 2.26. The van der Waals surface area contributed by atoms with Crippen LogP contribution in [-0.2, 0) is 6.42 Å². The van der Waals surface area contributed by atoms with Crippen LogP contribution in [0.2, 0.25) is 0 Å². The molecule has 5 heteroatoms. The predicted octanol–water partition coefficient (Wildman–Crippen LogP) is 0.992. The number of halogens is 1. The van der Waals surface area contributed by atoms with Gasteiger partial charge < -0.3 is 5.11 Å². The van der Waals surface area contributed by atoms with Gasteiger partial charge in [0.15, 0.2) is 0 Å². The molecule has 0 aliphatic heterocycles. The molecule has 2 heterocycles. The number of fused-ring (bicyclic) bond motifs is 1. The van der Waals surface area contributed by atoms with Crippen molar-refractivity contribution in [1.29, 1.82) is 0 Å². The van der Waals surface area contributed by atoms with E-state index < -0.39 is 0 Å². The Kier molecular flexibility index (Phi) is 2.83. The van der Waals surface area contributed by atoms with Gasteiger partial charge in [-0.1, -0.05) is 6.07 Å². The van der Waals surface area contributed by atoms with Crippen molar-refractivity contribution in [1.82, 2.24) is 9.38 Å². The second kappa shape index (κ2) is 4.12. The Morgan fingerprint density at radius 2 is 2.27 bits per heavy atom. The van der Waals surface area contributed by atoms with Crippen LogP contribution in [0.5, 0.6) is 0 Å². The van der Waals surface area contributed by atoms with Gasteiger partial charge in [0.1, 0.15) is 10.1 Å². The summed E-state index contributed by atoms with van der Waals surface area (Å²) in [5, 5.41) is 8.84. The Bertz CT molecular complexity index is 551. The van der Waals surface area contributed by atoms with E-state index in [4.69, 9.17) is 5.11 Å². The normalized spacial score (nSPS) is 10.8. The minimum atomic E-state index is -0.149. The van der Waals surface area contributed by atoms with E-state index in [-0.39, 0.29) is 12.2 Å². The van der Waals surface area contributed by atoms with Crippen molar-refractivity contribution in [2.24, 2.45) is 0 Å². The number of aliphatic hydroxyl groups excluding tert-OH is 1. The summed E-state index contributed by atoms with van der Waals surface area (Å²) >= 11 is 3.20. The van der Waals surface area contributed by atoms with Crippen LogP contribution < -0.4 is 5.56 Å². The van der Waals surface area contributed by atoms with Gasteiger partial charge in [-0.15, -0.1) is 0 Å². The molecule has 0 saturated heterocycles. The molecule has 0 aromatic carbocycles. The molecule has 0 atom stereocenters. The number of hydrogen-bond donors (Lipinski definition) is 1. The molecule has 2 rings (SSSR count). The largest absolute Gasteiger partial charge is 0.396 e.